The molecule has 0 radical (unpaired) electrons. The highest BCUT2D eigenvalue weighted by Crippen LogP contribution is 2.44. The monoisotopic (exact) mass is 372 g/mol. The van der Waals surface area contributed by atoms with E-state index in [1.165, 1.54) is 69.8 Å². The first-order valence-corrected chi connectivity index (χ1v) is 11.9. The summed E-state index contributed by atoms with van der Waals surface area (Å²) in [4.78, 5) is 0. The molecule has 0 nitrogen and oxygen atoms in total. The summed E-state index contributed by atoms with van der Waals surface area (Å²) in [5.74, 6) is 3.84. The highest BCUT2D eigenvalue weighted by Gasteiger charge is 2.31. The largest absolute Gasteiger partial charge is 0.248 e. The Hall–Kier alpha value is -0.850. The molecular weight excluding hydrogens is 331 g/mol. The molecule has 0 bridgehead atoms. The SMILES string of the molecule is CCCC1CCC(C2CCC(c3ccc(CCCC(C)F)cc3)CC2)CC1. The van der Waals surface area contributed by atoms with E-state index in [2.05, 4.69) is 31.2 Å². The zero-order valence-electron chi connectivity index (χ0n) is 17.8. The van der Waals surface area contributed by atoms with Crippen LogP contribution in [0, 0.1) is 17.8 Å². The summed E-state index contributed by atoms with van der Waals surface area (Å²) in [6.45, 7) is 4.00. The Balaban J connectivity index is 1.41. The van der Waals surface area contributed by atoms with Crippen LogP contribution in [0.4, 0.5) is 4.39 Å². The third-order valence-electron chi connectivity index (χ3n) is 7.55. The average molecular weight is 373 g/mol. The van der Waals surface area contributed by atoms with Gasteiger partial charge in [0.1, 0.15) is 0 Å². The Morgan fingerprint density at radius 3 is 2.04 bits per heavy atom. The molecule has 2 aliphatic rings. The van der Waals surface area contributed by atoms with Crippen LogP contribution in [0.3, 0.4) is 0 Å². The fraction of sp³-hybridized carbons (Fsp3) is 0.769. The molecule has 3 rings (SSSR count). The lowest BCUT2D eigenvalue weighted by Gasteiger charge is -2.38. The van der Waals surface area contributed by atoms with Gasteiger partial charge in [0, 0.05) is 0 Å². The van der Waals surface area contributed by atoms with Crippen LogP contribution in [0.5, 0.6) is 0 Å². The molecule has 0 spiro atoms. The number of rotatable bonds is 8. The normalized spacial score (nSPS) is 30.2. The van der Waals surface area contributed by atoms with Crippen molar-refractivity contribution in [3.63, 3.8) is 0 Å². The topological polar surface area (TPSA) is 0 Å². The molecule has 0 heterocycles. The van der Waals surface area contributed by atoms with Crippen molar-refractivity contribution < 1.29 is 4.39 Å². The second-order valence-electron chi connectivity index (χ2n) is 9.60. The Labute approximate surface area is 167 Å². The maximum atomic E-state index is 12.9. The lowest BCUT2D eigenvalue weighted by atomic mass is 9.68. The molecule has 0 saturated heterocycles. The van der Waals surface area contributed by atoms with E-state index in [1.54, 1.807) is 12.5 Å². The van der Waals surface area contributed by atoms with Gasteiger partial charge in [-0.25, -0.2) is 4.39 Å². The van der Waals surface area contributed by atoms with Gasteiger partial charge in [0.15, 0.2) is 0 Å². The highest BCUT2D eigenvalue weighted by atomic mass is 19.1. The summed E-state index contributed by atoms with van der Waals surface area (Å²) in [6.07, 6.45) is 16.5. The lowest BCUT2D eigenvalue weighted by molar-refractivity contribution is 0.156. The van der Waals surface area contributed by atoms with Crippen LogP contribution < -0.4 is 0 Å². The standard InChI is InChI=1S/C26H41F/c1-3-5-21-8-12-23(13-9-21)25-16-18-26(19-17-25)24-14-10-22(11-15-24)7-4-6-20(2)27/h10-11,14-15,20-21,23,25-26H,3-9,12-13,16-19H2,1-2H3. The summed E-state index contributed by atoms with van der Waals surface area (Å²) >= 11 is 0. The van der Waals surface area contributed by atoms with Crippen molar-refractivity contribution in [2.24, 2.45) is 17.8 Å². The second-order valence-corrected chi connectivity index (χ2v) is 9.60. The van der Waals surface area contributed by atoms with Crippen LogP contribution in [0.1, 0.15) is 108 Å². The molecule has 1 aromatic rings. The van der Waals surface area contributed by atoms with Crippen LogP contribution in [-0.4, -0.2) is 6.17 Å². The fourth-order valence-corrected chi connectivity index (χ4v) is 5.82. The van der Waals surface area contributed by atoms with Crippen molar-refractivity contribution in [3.8, 4) is 0 Å². The molecule has 2 fully saturated rings. The molecule has 1 aromatic carbocycles. The molecule has 27 heavy (non-hydrogen) atoms. The summed E-state index contributed by atoms with van der Waals surface area (Å²) in [6, 6.07) is 9.29. The highest BCUT2D eigenvalue weighted by molar-refractivity contribution is 5.26. The minimum Gasteiger partial charge on any atom is -0.248 e. The maximum Gasteiger partial charge on any atom is 0.0973 e. The summed E-state index contributed by atoms with van der Waals surface area (Å²) in [5.41, 5.74) is 2.92. The lowest BCUT2D eigenvalue weighted by Crippen LogP contribution is -2.25. The second kappa shape index (κ2) is 10.6. The van der Waals surface area contributed by atoms with E-state index in [0.717, 1.165) is 36.5 Å². The van der Waals surface area contributed by atoms with Crippen LogP contribution >= 0.6 is 0 Å². The molecule has 0 amide bonds. The van der Waals surface area contributed by atoms with E-state index >= 15 is 0 Å². The predicted octanol–water partition coefficient (Wildman–Crippen LogP) is 8.25. The number of hydrogen-bond acceptors (Lipinski definition) is 0. The summed E-state index contributed by atoms with van der Waals surface area (Å²) < 4.78 is 12.9. The van der Waals surface area contributed by atoms with Crippen molar-refractivity contribution in [2.45, 2.75) is 109 Å². The first-order valence-electron chi connectivity index (χ1n) is 11.9. The summed E-state index contributed by atoms with van der Waals surface area (Å²) in [5, 5.41) is 0. The zero-order valence-corrected chi connectivity index (χ0v) is 17.8. The third kappa shape index (κ3) is 6.33. The van der Waals surface area contributed by atoms with E-state index < -0.39 is 6.17 Å². The van der Waals surface area contributed by atoms with Crippen molar-refractivity contribution in [1.29, 1.82) is 0 Å². The van der Waals surface area contributed by atoms with E-state index in [1.807, 2.05) is 0 Å². The third-order valence-corrected chi connectivity index (χ3v) is 7.55. The van der Waals surface area contributed by atoms with Crippen molar-refractivity contribution in [1.82, 2.24) is 0 Å². The molecule has 0 N–H and O–H groups in total. The smallest absolute Gasteiger partial charge is 0.0973 e. The molecule has 1 atom stereocenters. The number of hydrogen-bond donors (Lipinski definition) is 0. The Morgan fingerprint density at radius 1 is 0.889 bits per heavy atom. The van der Waals surface area contributed by atoms with Crippen molar-refractivity contribution >= 4 is 0 Å². The molecule has 0 aliphatic heterocycles. The van der Waals surface area contributed by atoms with Gasteiger partial charge in [-0.15, -0.1) is 0 Å². The Morgan fingerprint density at radius 2 is 1.48 bits per heavy atom. The maximum absolute atomic E-state index is 12.9. The Kier molecular flexibility index (Phi) is 8.22. The van der Waals surface area contributed by atoms with E-state index in [0.29, 0.717) is 6.42 Å². The molecule has 2 aliphatic carbocycles. The van der Waals surface area contributed by atoms with Gasteiger partial charge in [-0.1, -0.05) is 56.9 Å². The zero-order chi connectivity index (χ0) is 19.1. The quantitative estimate of drug-likeness (QED) is 0.431. The summed E-state index contributed by atoms with van der Waals surface area (Å²) in [7, 11) is 0. The van der Waals surface area contributed by atoms with E-state index in [9.17, 15) is 4.39 Å². The first kappa shape index (κ1) is 20.9. The van der Waals surface area contributed by atoms with Crippen LogP contribution in [0.25, 0.3) is 0 Å². The van der Waals surface area contributed by atoms with Crippen molar-refractivity contribution in [3.05, 3.63) is 35.4 Å². The number of alkyl halides is 1. The van der Waals surface area contributed by atoms with Gasteiger partial charge in [-0.2, -0.15) is 0 Å². The first-order chi connectivity index (χ1) is 13.2. The van der Waals surface area contributed by atoms with Crippen molar-refractivity contribution in [2.75, 3.05) is 0 Å². The van der Waals surface area contributed by atoms with Gasteiger partial charge in [0.25, 0.3) is 0 Å². The molecule has 152 valence electrons. The van der Waals surface area contributed by atoms with Gasteiger partial charge in [-0.05, 0) is 99.5 Å². The minimum absolute atomic E-state index is 0.666. The van der Waals surface area contributed by atoms with E-state index in [4.69, 9.17) is 0 Å². The number of halogens is 1. The number of aryl methyl sites for hydroxylation is 1. The molecule has 1 unspecified atom stereocenters. The van der Waals surface area contributed by atoms with Crippen LogP contribution in [-0.2, 0) is 6.42 Å². The van der Waals surface area contributed by atoms with Gasteiger partial charge in [0.2, 0.25) is 0 Å². The molecule has 0 aromatic heterocycles. The van der Waals surface area contributed by atoms with E-state index in [-0.39, 0.29) is 0 Å². The molecule has 1 heteroatoms. The molecular formula is C26H41F. The number of benzene rings is 1. The Bertz CT molecular complexity index is 516. The average Bonchev–Trinajstić information content (AvgIpc) is 2.69. The van der Waals surface area contributed by atoms with Crippen LogP contribution in [0.2, 0.25) is 0 Å². The fourth-order valence-electron chi connectivity index (χ4n) is 5.82. The molecule has 2 saturated carbocycles. The predicted molar refractivity (Wildman–Crippen MR) is 115 cm³/mol. The van der Waals surface area contributed by atoms with Gasteiger partial charge in [0.05, 0.1) is 6.17 Å². The van der Waals surface area contributed by atoms with Gasteiger partial charge < -0.3 is 0 Å². The van der Waals surface area contributed by atoms with Crippen LogP contribution in [0.15, 0.2) is 24.3 Å². The van der Waals surface area contributed by atoms with Gasteiger partial charge >= 0.3 is 0 Å². The minimum atomic E-state index is -0.666. The van der Waals surface area contributed by atoms with Gasteiger partial charge in [-0.3, -0.25) is 0 Å².